The van der Waals surface area contributed by atoms with Crippen LogP contribution in [0.15, 0.2) is 35.3 Å². The third-order valence-corrected chi connectivity index (χ3v) is 6.24. The SMILES string of the molecule is Cc1nnc(CN=C(NCCCN(C)c2ccccc2)NC2CC(C)CC(C)C2)n1C. The molecule has 0 saturated heterocycles. The Balaban J connectivity index is 1.57. The molecule has 1 aliphatic carbocycles. The number of aliphatic imine (C=N–C) groups is 1. The fraction of sp³-hybridized carbons (Fsp3) is 0.625. The van der Waals surface area contributed by atoms with Crippen LogP contribution in [0.25, 0.3) is 0 Å². The van der Waals surface area contributed by atoms with Crippen LogP contribution in [0.2, 0.25) is 0 Å². The van der Waals surface area contributed by atoms with E-state index in [2.05, 4.69) is 77.0 Å². The van der Waals surface area contributed by atoms with Gasteiger partial charge in [0.25, 0.3) is 0 Å². The van der Waals surface area contributed by atoms with Gasteiger partial charge in [-0.05, 0) is 56.6 Å². The lowest BCUT2D eigenvalue weighted by molar-refractivity contribution is 0.255. The van der Waals surface area contributed by atoms with Gasteiger partial charge in [-0.2, -0.15) is 0 Å². The van der Waals surface area contributed by atoms with Crippen LogP contribution in [0.4, 0.5) is 5.69 Å². The molecule has 31 heavy (non-hydrogen) atoms. The van der Waals surface area contributed by atoms with Crippen molar-refractivity contribution < 1.29 is 0 Å². The van der Waals surface area contributed by atoms with Gasteiger partial charge in [-0.15, -0.1) is 10.2 Å². The highest BCUT2D eigenvalue weighted by Crippen LogP contribution is 2.28. The number of anilines is 1. The first kappa shape index (κ1) is 23.1. The van der Waals surface area contributed by atoms with Crippen LogP contribution in [0, 0.1) is 18.8 Å². The Labute approximate surface area is 187 Å². The van der Waals surface area contributed by atoms with Gasteiger partial charge >= 0.3 is 0 Å². The molecule has 1 saturated carbocycles. The van der Waals surface area contributed by atoms with Gasteiger partial charge in [-0.3, -0.25) is 0 Å². The maximum absolute atomic E-state index is 4.84. The maximum atomic E-state index is 4.84. The van der Waals surface area contributed by atoms with Crippen molar-refractivity contribution in [1.82, 2.24) is 25.4 Å². The van der Waals surface area contributed by atoms with Crippen molar-refractivity contribution in [3.8, 4) is 0 Å². The van der Waals surface area contributed by atoms with Gasteiger partial charge in [0.2, 0.25) is 0 Å². The lowest BCUT2D eigenvalue weighted by Gasteiger charge is -2.33. The van der Waals surface area contributed by atoms with Gasteiger partial charge < -0.3 is 20.1 Å². The van der Waals surface area contributed by atoms with E-state index < -0.39 is 0 Å². The monoisotopic (exact) mass is 425 g/mol. The maximum Gasteiger partial charge on any atom is 0.191 e. The number of nitrogens with zero attached hydrogens (tertiary/aromatic N) is 5. The smallest absolute Gasteiger partial charge is 0.191 e. The predicted molar refractivity (Wildman–Crippen MR) is 128 cm³/mol. The second-order valence-corrected chi connectivity index (χ2v) is 9.18. The number of aromatic nitrogens is 3. The highest BCUT2D eigenvalue weighted by molar-refractivity contribution is 5.80. The van der Waals surface area contributed by atoms with Crippen molar-refractivity contribution in [2.75, 3.05) is 25.0 Å². The number of para-hydroxylation sites is 1. The van der Waals surface area contributed by atoms with Gasteiger partial charge in [0.05, 0.1) is 0 Å². The first-order valence-corrected chi connectivity index (χ1v) is 11.6. The number of hydrogen-bond donors (Lipinski definition) is 2. The summed E-state index contributed by atoms with van der Waals surface area (Å²) in [5.74, 6) is 4.18. The summed E-state index contributed by atoms with van der Waals surface area (Å²) in [7, 11) is 4.13. The molecule has 2 N–H and O–H groups in total. The molecule has 1 aliphatic rings. The van der Waals surface area contributed by atoms with Crippen molar-refractivity contribution in [3.05, 3.63) is 42.0 Å². The fourth-order valence-corrected chi connectivity index (χ4v) is 4.48. The third-order valence-electron chi connectivity index (χ3n) is 6.24. The van der Waals surface area contributed by atoms with E-state index in [1.54, 1.807) is 0 Å². The Morgan fingerprint density at radius 3 is 2.48 bits per heavy atom. The quantitative estimate of drug-likeness (QED) is 0.385. The van der Waals surface area contributed by atoms with E-state index in [1.807, 2.05) is 18.5 Å². The topological polar surface area (TPSA) is 70.4 Å². The van der Waals surface area contributed by atoms with Gasteiger partial charge in [-0.25, -0.2) is 4.99 Å². The second-order valence-electron chi connectivity index (χ2n) is 9.18. The van der Waals surface area contributed by atoms with E-state index in [1.165, 1.54) is 24.9 Å². The lowest BCUT2D eigenvalue weighted by Crippen LogP contribution is -2.46. The number of guanidine groups is 1. The minimum atomic E-state index is 0.471. The van der Waals surface area contributed by atoms with E-state index in [4.69, 9.17) is 4.99 Å². The summed E-state index contributed by atoms with van der Waals surface area (Å²) in [6.45, 7) is 9.07. The molecule has 3 rings (SSSR count). The molecule has 1 heterocycles. The molecule has 170 valence electrons. The summed E-state index contributed by atoms with van der Waals surface area (Å²) >= 11 is 0. The van der Waals surface area contributed by atoms with E-state index >= 15 is 0 Å². The molecule has 2 atom stereocenters. The first-order valence-electron chi connectivity index (χ1n) is 11.6. The van der Waals surface area contributed by atoms with E-state index in [0.717, 1.165) is 49.0 Å². The zero-order valence-corrected chi connectivity index (χ0v) is 19.8. The molecule has 1 aromatic carbocycles. The normalized spacial score (nSPS) is 21.7. The average Bonchev–Trinajstić information content (AvgIpc) is 3.06. The second kappa shape index (κ2) is 11.2. The van der Waals surface area contributed by atoms with Crippen molar-refractivity contribution in [3.63, 3.8) is 0 Å². The van der Waals surface area contributed by atoms with E-state index in [-0.39, 0.29) is 0 Å². The van der Waals surface area contributed by atoms with Crippen molar-refractivity contribution in [2.45, 2.75) is 59.0 Å². The predicted octanol–water partition coefficient (Wildman–Crippen LogP) is 3.51. The Morgan fingerprint density at radius 1 is 1.13 bits per heavy atom. The minimum Gasteiger partial charge on any atom is -0.375 e. The van der Waals surface area contributed by atoms with Crippen molar-refractivity contribution >= 4 is 11.6 Å². The summed E-state index contributed by atoms with van der Waals surface area (Å²) in [4.78, 5) is 7.14. The summed E-state index contributed by atoms with van der Waals surface area (Å²) in [6, 6.07) is 11.0. The third kappa shape index (κ3) is 6.97. The number of benzene rings is 1. The fourth-order valence-electron chi connectivity index (χ4n) is 4.48. The van der Waals surface area contributed by atoms with Crippen LogP contribution in [0.3, 0.4) is 0 Å². The highest BCUT2D eigenvalue weighted by Gasteiger charge is 2.24. The molecule has 0 radical (unpaired) electrons. The van der Waals surface area contributed by atoms with E-state index in [0.29, 0.717) is 12.6 Å². The molecular weight excluding hydrogens is 386 g/mol. The Kier molecular flexibility index (Phi) is 8.32. The Hall–Kier alpha value is -2.57. The molecule has 1 aromatic heterocycles. The van der Waals surface area contributed by atoms with Crippen LogP contribution < -0.4 is 15.5 Å². The number of aryl methyl sites for hydroxylation is 1. The van der Waals surface area contributed by atoms with Gasteiger partial charge in [-0.1, -0.05) is 32.0 Å². The number of hydrogen-bond acceptors (Lipinski definition) is 4. The zero-order chi connectivity index (χ0) is 22.2. The molecule has 7 heteroatoms. The molecule has 0 aliphatic heterocycles. The summed E-state index contributed by atoms with van der Waals surface area (Å²) in [5, 5.41) is 15.7. The molecule has 1 fully saturated rings. The van der Waals surface area contributed by atoms with Crippen LogP contribution >= 0.6 is 0 Å². The van der Waals surface area contributed by atoms with Gasteiger partial charge in [0.1, 0.15) is 12.4 Å². The molecule has 2 aromatic rings. The van der Waals surface area contributed by atoms with Crippen molar-refractivity contribution in [2.24, 2.45) is 23.9 Å². The zero-order valence-electron chi connectivity index (χ0n) is 19.8. The van der Waals surface area contributed by atoms with Crippen LogP contribution in [0.5, 0.6) is 0 Å². The summed E-state index contributed by atoms with van der Waals surface area (Å²) < 4.78 is 2.00. The van der Waals surface area contributed by atoms with Gasteiger partial charge in [0, 0.05) is 38.9 Å². The number of nitrogens with one attached hydrogen (secondary N) is 2. The first-order chi connectivity index (χ1) is 14.9. The Morgan fingerprint density at radius 2 is 1.84 bits per heavy atom. The Bertz CT molecular complexity index is 820. The lowest BCUT2D eigenvalue weighted by atomic mass is 9.80. The molecule has 0 bridgehead atoms. The van der Waals surface area contributed by atoms with Crippen molar-refractivity contribution in [1.29, 1.82) is 0 Å². The van der Waals surface area contributed by atoms with Gasteiger partial charge in [0.15, 0.2) is 11.8 Å². The summed E-state index contributed by atoms with van der Waals surface area (Å²) in [5.41, 5.74) is 1.25. The molecule has 2 unspecified atom stereocenters. The molecule has 0 spiro atoms. The average molecular weight is 426 g/mol. The number of rotatable bonds is 8. The van der Waals surface area contributed by atoms with Crippen LogP contribution in [-0.2, 0) is 13.6 Å². The standard InChI is InChI=1S/C24H39N7/c1-18-14-19(2)16-21(15-18)27-24(26-17-23-29-28-20(3)31(23)5)25-12-9-13-30(4)22-10-7-6-8-11-22/h6-8,10-11,18-19,21H,9,12-17H2,1-5H3,(H2,25,26,27). The molecule has 7 nitrogen and oxygen atoms in total. The summed E-state index contributed by atoms with van der Waals surface area (Å²) in [6.07, 6.45) is 4.75. The molecule has 0 amide bonds. The van der Waals surface area contributed by atoms with Crippen LogP contribution in [-0.4, -0.2) is 46.9 Å². The highest BCUT2D eigenvalue weighted by atomic mass is 15.3. The largest absolute Gasteiger partial charge is 0.375 e. The van der Waals surface area contributed by atoms with Crippen LogP contribution in [0.1, 0.15) is 51.2 Å². The molecular formula is C24H39N7. The van der Waals surface area contributed by atoms with E-state index in [9.17, 15) is 0 Å². The minimum absolute atomic E-state index is 0.471.